The fraction of sp³-hybridized carbons (Fsp3) is 0.273. The summed E-state index contributed by atoms with van der Waals surface area (Å²) in [7, 11) is 0. The molecule has 0 aliphatic heterocycles. The van der Waals surface area contributed by atoms with E-state index in [-0.39, 0.29) is 16.5 Å². The molecule has 0 heterocycles. The van der Waals surface area contributed by atoms with E-state index in [0.29, 0.717) is 0 Å². The van der Waals surface area contributed by atoms with Gasteiger partial charge in [-0.1, -0.05) is 62.6 Å². The van der Waals surface area contributed by atoms with Gasteiger partial charge in [0.2, 0.25) is 0 Å². The van der Waals surface area contributed by atoms with E-state index >= 15 is 0 Å². The van der Waals surface area contributed by atoms with Crippen LogP contribution in [0.3, 0.4) is 0 Å². The van der Waals surface area contributed by atoms with Gasteiger partial charge in [-0.25, -0.2) is 4.99 Å². The van der Waals surface area contributed by atoms with Gasteiger partial charge in [-0.05, 0) is 43.0 Å². The molecule has 132 valence electrons. The number of unbranched alkanes of at least 4 members (excludes halogenated alkanes) is 1. The van der Waals surface area contributed by atoms with E-state index < -0.39 is 0 Å². The second kappa shape index (κ2) is 12.2. The first-order chi connectivity index (χ1) is 11.8. The van der Waals surface area contributed by atoms with E-state index in [4.69, 9.17) is 9.98 Å². The summed E-state index contributed by atoms with van der Waals surface area (Å²) < 4.78 is 0. The van der Waals surface area contributed by atoms with Crippen LogP contribution in [0.4, 0.5) is 11.4 Å². The van der Waals surface area contributed by atoms with Crippen LogP contribution in [0.25, 0.3) is 0 Å². The molecule has 0 atom stereocenters. The maximum atomic E-state index is 4.83. The molecule has 0 spiro atoms. The summed E-state index contributed by atoms with van der Waals surface area (Å²) in [6.45, 7) is 4.24. The number of para-hydroxylation sites is 2. The Kier molecular flexibility index (Phi) is 10.2. The van der Waals surface area contributed by atoms with Crippen molar-refractivity contribution in [2.24, 2.45) is 9.98 Å². The molecular formula is C22H24N2Ni. The quantitative estimate of drug-likeness (QED) is 0.330. The van der Waals surface area contributed by atoms with Crippen LogP contribution in [0.1, 0.15) is 39.5 Å². The molecule has 2 aromatic carbocycles. The van der Waals surface area contributed by atoms with Crippen molar-refractivity contribution in [3.63, 3.8) is 0 Å². The van der Waals surface area contributed by atoms with Crippen LogP contribution in [-0.2, 0) is 16.5 Å². The van der Waals surface area contributed by atoms with E-state index in [1.54, 1.807) is 0 Å². The SMILES string of the molecule is CCC#CC(=Nc1ccccc1)C(CCCC)=Nc1ccccc1.[Ni]. The molecule has 3 heteroatoms. The fourth-order valence-corrected chi connectivity index (χ4v) is 2.20. The molecule has 0 aromatic heterocycles. The molecule has 0 saturated heterocycles. The van der Waals surface area contributed by atoms with Crippen LogP contribution >= 0.6 is 0 Å². The summed E-state index contributed by atoms with van der Waals surface area (Å²) in [6.07, 6.45) is 3.89. The van der Waals surface area contributed by atoms with Crippen molar-refractivity contribution in [2.75, 3.05) is 0 Å². The third-order valence-corrected chi connectivity index (χ3v) is 3.44. The monoisotopic (exact) mass is 374 g/mol. The number of benzene rings is 2. The van der Waals surface area contributed by atoms with E-state index in [1.807, 2.05) is 67.6 Å². The van der Waals surface area contributed by atoms with Gasteiger partial charge in [0, 0.05) is 22.9 Å². The van der Waals surface area contributed by atoms with E-state index in [1.165, 1.54) is 0 Å². The van der Waals surface area contributed by atoms with Gasteiger partial charge in [-0.2, -0.15) is 0 Å². The van der Waals surface area contributed by atoms with Crippen molar-refractivity contribution in [2.45, 2.75) is 39.5 Å². The van der Waals surface area contributed by atoms with E-state index in [0.717, 1.165) is 48.5 Å². The van der Waals surface area contributed by atoms with Crippen LogP contribution in [-0.4, -0.2) is 11.4 Å². The van der Waals surface area contributed by atoms with Crippen LogP contribution < -0.4 is 0 Å². The topological polar surface area (TPSA) is 24.7 Å². The first-order valence-electron chi connectivity index (χ1n) is 8.59. The molecule has 0 fully saturated rings. The number of aliphatic imine (C=N–C) groups is 2. The Bertz CT molecular complexity index is 738. The van der Waals surface area contributed by atoms with Gasteiger partial charge in [0.25, 0.3) is 0 Å². The molecule has 0 saturated carbocycles. The second-order valence-electron chi connectivity index (χ2n) is 5.45. The third kappa shape index (κ3) is 7.50. The number of nitrogens with zero attached hydrogens (tertiary/aromatic N) is 2. The van der Waals surface area contributed by atoms with Crippen LogP contribution in [0, 0.1) is 11.8 Å². The normalized spacial score (nSPS) is 11.3. The van der Waals surface area contributed by atoms with E-state index in [2.05, 4.69) is 18.8 Å². The fourth-order valence-electron chi connectivity index (χ4n) is 2.20. The zero-order valence-corrected chi connectivity index (χ0v) is 15.8. The van der Waals surface area contributed by atoms with Crippen molar-refractivity contribution in [3.05, 3.63) is 60.7 Å². The van der Waals surface area contributed by atoms with Crippen molar-refractivity contribution < 1.29 is 16.5 Å². The number of hydrogen-bond donors (Lipinski definition) is 0. The molecular weight excluding hydrogens is 351 g/mol. The van der Waals surface area contributed by atoms with Crippen LogP contribution in [0.2, 0.25) is 0 Å². The minimum atomic E-state index is 0. The Morgan fingerprint density at radius 3 is 1.92 bits per heavy atom. The minimum Gasteiger partial charge on any atom is -0.251 e. The summed E-state index contributed by atoms with van der Waals surface area (Å²) in [5.74, 6) is 6.37. The maximum Gasteiger partial charge on any atom is 0.135 e. The molecule has 25 heavy (non-hydrogen) atoms. The first kappa shape index (κ1) is 20.9. The molecule has 0 unspecified atom stereocenters. The van der Waals surface area contributed by atoms with E-state index in [9.17, 15) is 0 Å². The predicted octanol–water partition coefficient (Wildman–Crippen LogP) is 6.13. The Morgan fingerprint density at radius 2 is 1.40 bits per heavy atom. The van der Waals surface area contributed by atoms with Crippen molar-refractivity contribution in [1.29, 1.82) is 0 Å². The average molecular weight is 375 g/mol. The zero-order valence-electron chi connectivity index (χ0n) is 14.8. The van der Waals surface area contributed by atoms with Gasteiger partial charge < -0.3 is 0 Å². The minimum absolute atomic E-state index is 0. The Hall–Kier alpha value is -2.17. The molecule has 0 aliphatic carbocycles. The molecule has 0 amide bonds. The third-order valence-electron chi connectivity index (χ3n) is 3.44. The number of rotatable bonds is 6. The van der Waals surface area contributed by atoms with Crippen molar-refractivity contribution in [1.82, 2.24) is 0 Å². The van der Waals surface area contributed by atoms with Crippen molar-refractivity contribution >= 4 is 22.8 Å². The summed E-state index contributed by atoms with van der Waals surface area (Å²) in [5.41, 5.74) is 3.60. The molecule has 0 aliphatic rings. The summed E-state index contributed by atoms with van der Waals surface area (Å²) >= 11 is 0. The Labute approximate surface area is 161 Å². The van der Waals surface area contributed by atoms with Crippen LogP contribution in [0.15, 0.2) is 70.6 Å². The summed E-state index contributed by atoms with van der Waals surface area (Å²) in [4.78, 5) is 9.59. The first-order valence-corrected chi connectivity index (χ1v) is 8.59. The number of hydrogen-bond acceptors (Lipinski definition) is 2. The molecule has 0 radical (unpaired) electrons. The second-order valence-corrected chi connectivity index (χ2v) is 5.45. The summed E-state index contributed by atoms with van der Waals surface area (Å²) in [5, 5.41) is 0. The molecule has 2 aromatic rings. The largest absolute Gasteiger partial charge is 0.251 e. The van der Waals surface area contributed by atoms with Gasteiger partial charge in [-0.15, -0.1) is 0 Å². The molecule has 2 rings (SSSR count). The smallest absolute Gasteiger partial charge is 0.135 e. The van der Waals surface area contributed by atoms with Gasteiger partial charge in [0.1, 0.15) is 5.71 Å². The van der Waals surface area contributed by atoms with Crippen LogP contribution in [0.5, 0.6) is 0 Å². The average Bonchev–Trinajstić information content (AvgIpc) is 2.64. The predicted molar refractivity (Wildman–Crippen MR) is 105 cm³/mol. The molecule has 0 bridgehead atoms. The Balaban J connectivity index is 0.00000312. The maximum absolute atomic E-state index is 4.83. The molecule has 2 nitrogen and oxygen atoms in total. The summed E-state index contributed by atoms with van der Waals surface area (Å²) in [6, 6.07) is 20.0. The van der Waals surface area contributed by atoms with Crippen molar-refractivity contribution in [3.8, 4) is 11.8 Å². The Morgan fingerprint density at radius 1 is 0.840 bits per heavy atom. The van der Waals surface area contributed by atoms with Gasteiger partial charge in [-0.3, -0.25) is 4.99 Å². The zero-order chi connectivity index (χ0) is 17.0. The standard InChI is InChI=1S/C22H24N2.Ni/c1-3-5-17-21(23-19-13-9-7-10-14-19)22(18-6-4-2)24-20-15-11-8-12-16-20;/h7-16H,3-5,17H2,1-2H3;. The van der Waals surface area contributed by atoms with Gasteiger partial charge >= 0.3 is 0 Å². The van der Waals surface area contributed by atoms with Gasteiger partial charge in [0.05, 0.1) is 17.1 Å². The molecule has 0 N–H and O–H groups in total. The van der Waals surface area contributed by atoms with Gasteiger partial charge in [0.15, 0.2) is 0 Å².